The first kappa shape index (κ1) is 14.2. The summed E-state index contributed by atoms with van der Waals surface area (Å²) >= 11 is 0. The summed E-state index contributed by atoms with van der Waals surface area (Å²) in [5.41, 5.74) is 3.32. The van der Waals surface area contributed by atoms with E-state index in [1.807, 2.05) is 31.5 Å². The van der Waals surface area contributed by atoms with Crippen molar-refractivity contribution in [2.24, 2.45) is 13.0 Å². The molecule has 0 radical (unpaired) electrons. The molecular formula is C19H21N3O. The summed E-state index contributed by atoms with van der Waals surface area (Å²) in [7, 11) is 2.08. The van der Waals surface area contributed by atoms with Crippen molar-refractivity contribution in [3.63, 3.8) is 0 Å². The second-order valence-corrected chi connectivity index (χ2v) is 6.55. The molecule has 1 unspecified atom stereocenters. The van der Waals surface area contributed by atoms with E-state index in [2.05, 4.69) is 33.3 Å². The van der Waals surface area contributed by atoms with Crippen LogP contribution in [0.1, 0.15) is 34.7 Å². The fraction of sp³-hybridized carbons (Fsp3) is 0.368. The number of rotatable bonds is 3. The van der Waals surface area contributed by atoms with E-state index in [9.17, 15) is 4.79 Å². The third kappa shape index (κ3) is 2.29. The Balaban J connectivity index is 1.62. The molecule has 1 aliphatic rings. The Morgan fingerprint density at radius 2 is 2.09 bits per heavy atom. The van der Waals surface area contributed by atoms with Gasteiger partial charge in [-0.25, -0.2) is 4.98 Å². The molecule has 2 heterocycles. The van der Waals surface area contributed by atoms with Gasteiger partial charge in [0.15, 0.2) is 5.78 Å². The van der Waals surface area contributed by atoms with Gasteiger partial charge in [-0.05, 0) is 31.7 Å². The third-order valence-electron chi connectivity index (χ3n) is 5.17. The van der Waals surface area contributed by atoms with Crippen LogP contribution < -0.4 is 0 Å². The average molecular weight is 307 g/mol. The molecule has 1 aromatic carbocycles. The number of hydrogen-bond donors (Lipinski definition) is 0. The molecule has 1 aliphatic carbocycles. The Morgan fingerprint density at radius 3 is 2.87 bits per heavy atom. The van der Waals surface area contributed by atoms with Crippen molar-refractivity contribution in [3.05, 3.63) is 53.7 Å². The van der Waals surface area contributed by atoms with Gasteiger partial charge in [0.25, 0.3) is 0 Å². The molecule has 1 atom stereocenters. The molecule has 0 N–H and O–H groups in total. The van der Waals surface area contributed by atoms with Crippen molar-refractivity contribution in [2.75, 3.05) is 0 Å². The lowest BCUT2D eigenvalue weighted by Crippen LogP contribution is -2.22. The van der Waals surface area contributed by atoms with Gasteiger partial charge in [0.2, 0.25) is 0 Å². The van der Waals surface area contributed by atoms with E-state index >= 15 is 0 Å². The van der Waals surface area contributed by atoms with Crippen LogP contribution in [0.25, 0.3) is 10.9 Å². The van der Waals surface area contributed by atoms with Crippen LogP contribution in [0, 0.1) is 12.8 Å². The Labute approximate surface area is 135 Å². The van der Waals surface area contributed by atoms with Crippen molar-refractivity contribution >= 4 is 16.7 Å². The average Bonchev–Trinajstić information content (AvgIpc) is 3.08. The first-order chi connectivity index (χ1) is 11.1. The Bertz CT molecular complexity index is 887. The van der Waals surface area contributed by atoms with Gasteiger partial charge in [-0.2, -0.15) is 0 Å². The van der Waals surface area contributed by atoms with Crippen LogP contribution in [0.4, 0.5) is 0 Å². The van der Waals surface area contributed by atoms with Crippen LogP contribution >= 0.6 is 0 Å². The van der Waals surface area contributed by atoms with Gasteiger partial charge in [0, 0.05) is 54.6 Å². The van der Waals surface area contributed by atoms with Gasteiger partial charge in [-0.1, -0.05) is 18.2 Å². The highest BCUT2D eigenvalue weighted by Crippen LogP contribution is 2.34. The molecule has 4 rings (SSSR count). The molecule has 0 fully saturated rings. The van der Waals surface area contributed by atoms with Crippen molar-refractivity contribution in [1.29, 1.82) is 0 Å². The molecule has 4 heteroatoms. The SMILES string of the molecule is Cc1nccn1CCC1CC(=O)c2c(n(C)c3ccccc23)C1. The van der Waals surface area contributed by atoms with Crippen molar-refractivity contribution in [2.45, 2.75) is 32.7 Å². The van der Waals surface area contributed by atoms with Gasteiger partial charge in [0.1, 0.15) is 5.82 Å². The fourth-order valence-electron chi connectivity index (χ4n) is 3.87. The maximum absolute atomic E-state index is 12.7. The van der Waals surface area contributed by atoms with Crippen LogP contribution in [0.2, 0.25) is 0 Å². The zero-order valence-electron chi connectivity index (χ0n) is 13.6. The fourth-order valence-corrected chi connectivity index (χ4v) is 3.87. The van der Waals surface area contributed by atoms with Crippen molar-refractivity contribution < 1.29 is 4.79 Å². The number of carbonyl (C=O) groups is 1. The summed E-state index contributed by atoms with van der Waals surface area (Å²) in [5, 5.41) is 1.11. The molecule has 0 spiro atoms. The highest BCUT2D eigenvalue weighted by molar-refractivity contribution is 6.10. The summed E-state index contributed by atoms with van der Waals surface area (Å²) in [6, 6.07) is 8.23. The molecule has 23 heavy (non-hydrogen) atoms. The summed E-state index contributed by atoms with van der Waals surface area (Å²) < 4.78 is 4.37. The summed E-state index contributed by atoms with van der Waals surface area (Å²) in [5.74, 6) is 1.76. The normalized spacial score (nSPS) is 17.7. The Hall–Kier alpha value is -2.36. The number of para-hydroxylation sites is 1. The molecular weight excluding hydrogens is 286 g/mol. The van der Waals surface area contributed by atoms with Crippen molar-refractivity contribution in [1.82, 2.24) is 14.1 Å². The minimum Gasteiger partial charge on any atom is -0.347 e. The Kier molecular flexibility index (Phi) is 3.33. The smallest absolute Gasteiger partial charge is 0.165 e. The van der Waals surface area contributed by atoms with E-state index in [1.165, 1.54) is 5.69 Å². The topological polar surface area (TPSA) is 39.8 Å². The number of nitrogens with zero attached hydrogens (tertiary/aromatic N) is 3. The van der Waals surface area contributed by atoms with Crippen LogP contribution in [0.5, 0.6) is 0 Å². The van der Waals surface area contributed by atoms with E-state index in [-0.39, 0.29) is 0 Å². The van der Waals surface area contributed by atoms with Gasteiger partial charge < -0.3 is 9.13 Å². The number of carbonyl (C=O) groups excluding carboxylic acids is 1. The molecule has 0 saturated carbocycles. The number of ketones is 1. The third-order valence-corrected chi connectivity index (χ3v) is 5.17. The van der Waals surface area contributed by atoms with Gasteiger partial charge in [0.05, 0.1) is 0 Å². The minimum absolute atomic E-state index is 0.301. The lowest BCUT2D eigenvalue weighted by molar-refractivity contribution is 0.0945. The molecule has 0 saturated heterocycles. The largest absolute Gasteiger partial charge is 0.347 e. The van der Waals surface area contributed by atoms with Gasteiger partial charge in [-0.3, -0.25) is 4.79 Å². The lowest BCUT2D eigenvalue weighted by Gasteiger charge is -2.23. The molecule has 118 valence electrons. The van der Waals surface area contributed by atoms with E-state index in [4.69, 9.17) is 0 Å². The number of aromatic nitrogens is 3. The van der Waals surface area contributed by atoms with Crippen LogP contribution in [-0.2, 0) is 20.0 Å². The van der Waals surface area contributed by atoms with Crippen molar-refractivity contribution in [3.8, 4) is 0 Å². The lowest BCUT2D eigenvalue weighted by atomic mass is 9.84. The van der Waals surface area contributed by atoms with E-state index in [1.54, 1.807) is 0 Å². The van der Waals surface area contributed by atoms with Crippen LogP contribution in [0.3, 0.4) is 0 Å². The maximum atomic E-state index is 12.7. The molecule has 0 aliphatic heterocycles. The molecule has 4 nitrogen and oxygen atoms in total. The highest BCUT2D eigenvalue weighted by Gasteiger charge is 2.29. The second-order valence-electron chi connectivity index (χ2n) is 6.55. The number of aryl methyl sites for hydroxylation is 3. The molecule has 0 amide bonds. The Morgan fingerprint density at radius 1 is 1.26 bits per heavy atom. The predicted molar refractivity (Wildman–Crippen MR) is 90.6 cm³/mol. The maximum Gasteiger partial charge on any atom is 0.165 e. The summed E-state index contributed by atoms with van der Waals surface area (Å²) in [6.45, 7) is 2.96. The summed E-state index contributed by atoms with van der Waals surface area (Å²) in [6.07, 6.45) is 6.52. The quantitative estimate of drug-likeness (QED) is 0.743. The van der Waals surface area contributed by atoms with Crippen LogP contribution in [0.15, 0.2) is 36.7 Å². The number of Topliss-reactive ketones (excluding diaryl/α,β-unsaturated/α-hetero) is 1. The number of fused-ring (bicyclic) bond motifs is 3. The van der Waals surface area contributed by atoms with Gasteiger partial charge in [-0.15, -0.1) is 0 Å². The number of hydrogen-bond acceptors (Lipinski definition) is 2. The predicted octanol–water partition coefficient (Wildman–Crippen LogP) is 3.52. The van der Waals surface area contributed by atoms with E-state index < -0.39 is 0 Å². The summed E-state index contributed by atoms with van der Waals surface area (Å²) in [4.78, 5) is 17.0. The highest BCUT2D eigenvalue weighted by atomic mass is 16.1. The van der Waals surface area contributed by atoms with Crippen LogP contribution in [-0.4, -0.2) is 19.9 Å². The molecule has 3 aromatic rings. The van der Waals surface area contributed by atoms with E-state index in [0.29, 0.717) is 18.1 Å². The van der Waals surface area contributed by atoms with Gasteiger partial charge >= 0.3 is 0 Å². The monoisotopic (exact) mass is 307 g/mol. The standard InChI is InChI=1S/C19H21N3O/c1-13-20-8-10-22(13)9-7-14-11-17-19(18(23)12-14)15-5-3-4-6-16(15)21(17)2/h3-6,8,10,14H,7,9,11-12H2,1-2H3. The molecule has 0 bridgehead atoms. The first-order valence-corrected chi connectivity index (χ1v) is 8.22. The molecule has 2 aromatic heterocycles. The minimum atomic E-state index is 0.301. The zero-order chi connectivity index (χ0) is 16.0. The first-order valence-electron chi connectivity index (χ1n) is 8.22. The number of benzene rings is 1. The second kappa shape index (κ2) is 5.37. The number of imidazole rings is 1. The van der Waals surface area contributed by atoms with E-state index in [0.717, 1.165) is 41.7 Å². The zero-order valence-corrected chi connectivity index (χ0v) is 13.6.